The van der Waals surface area contributed by atoms with Gasteiger partial charge >= 0.3 is 5.97 Å². The molecule has 0 radical (unpaired) electrons. The van der Waals surface area contributed by atoms with Crippen LogP contribution in [0.3, 0.4) is 0 Å². The molecule has 0 spiro atoms. The predicted octanol–water partition coefficient (Wildman–Crippen LogP) is 4.64. The van der Waals surface area contributed by atoms with Crippen molar-refractivity contribution in [1.29, 1.82) is 0 Å². The molecule has 11 heteroatoms. The summed E-state index contributed by atoms with van der Waals surface area (Å²) >= 11 is 12.1. The van der Waals surface area contributed by atoms with E-state index < -0.39 is 5.97 Å². The maximum atomic E-state index is 13.0. The highest BCUT2D eigenvalue weighted by Gasteiger charge is 2.25. The van der Waals surface area contributed by atoms with Gasteiger partial charge in [0, 0.05) is 29.4 Å². The zero-order valence-corrected chi connectivity index (χ0v) is 20.2. The van der Waals surface area contributed by atoms with Crippen molar-refractivity contribution < 1.29 is 24.2 Å². The molecule has 0 amide bonds. The number of aromatic nitrogens is 4. The van der Waals surface area contributed by atoms with Gasteiger partial charge in [-0.05, 0) is 31.2 Å². The maximum absolute atomic E-state index is 13.0. The number of hydrogen-bond acceptors (Lipinski definition) is 6. The fraction of sp³-hybridized carbons (Fsp3) is 0.125. The number of Topliss-reactive ketones (excluding diaryl/α,β-unsaturated/α-hetero) is 1. The molecule has 180 valence electrons. The summed E-state index contributed by atoms with van der Waals surface area (Å²) in [5.74, 6) is -1.33. The van der Waals surface area contributed by atoms with Crippen molar-refractivity contribution in [1.82, 2.24) is 20.0 Å². The summed E-state index contributed by atoms with van der Waals surface area (Å²) in [5, 5.41) is 18.9. The van der Waals surface area contributed by atoms with Crippen LogP contribution in [0.5, 0.6) is 5.88 Å². The molecule has 0 fully saturated rings. The van der Waals surface area contributed by atoms with Gasteiger partial charge in [-0.15, -0.1) is 0 Å². The molecule has 2 aromatic carbocycles. The molecule has 0 atom stereocenters. The summed E-state index contributed by atoms with van der Waals surface area (Å²) in [6.45, 7) is 1.49. The van der Waals surface area contributed by atoms with Crippen LogP contribution in [-0.2, 0) is 7.05 Å². The third kappa shape index (κ3) is 6.34. The first-order valence-electron chi connectivity index (χ1n) is 10.2. The average molecular weight is 515 g/mol. The number of carbonyl (C=O) groups is 3. The van der Waals surface area contributed by atoms with Crippen molar-refractivity contribution in [2.24, 2.45) is 7.05 Å². The minimum atomic E-state index is -1.01. The molecule has 0 aliphatic carbocycles. The Bertz CT molecular complexity index is 1350. The summed E-state index contributed by atoms with van der Waals surface area (Å²) in [6.07, 6.45) is 1.46. The Morgan fingerprint density at radius 1 is 1.09 bits per heavy atom. The molecule has 2 aromatic heterocycles. The largest absolute Gasteiger partial charge is 0.476 e. The number of ketones is 2. The summed E-state index contributed by atoms with van der Waals surface area (Å²) in [5.41, 5.74) is 1.62. The van der Waals surface area contributed by atoms with Crippen molar-refractivity contribution in [3.05, 3.63) is 98.9 Å². The van der Waals surface area contributed by atoms with Crippen molar-refractivity contribution in [3.63, 3.8) is 0 Å². The molecular weight excluding hydrogens is 495 g/mol. The van der Waals surface area contributed by atoms with E-state index in [4.69, 9.17) is 33.0 Å². The van der Waals surface area contributed by atoms with Gasteiger partial charge in [0.05, 0.1) is 10.7 Å². The zero-order valence-electron chi connectivity index (χ0n) is 18.7. The zero-order chi connectivity index (χ0) is 25.5. The van der Waals surface area contributed by atoms with E-state index in [0.29, 0.717) is 16.3 Å². The van der Waals surface area contributed by atoms with Gasteiger partial charge in [0.25, 0.3) is 0 Å². The monoisotopic (exact) mass is 514 g/mol. The van der Waals surface area contributed by atoms with E-state index in [1.165, 1.54) is 23.0 Å². The number of benzene rings is 2. The number of carboxylic acid groups (broad SMARTS) is 1. The first-order chi connectivity index (χ1) is 16.7. The number of aromatic carboxylic acids is 1. The lowest BCUT2D eigenvalue weighted by atomic mass is 10.0. The van der Waals surface area contributed by atoms with Gasteiger partial charge in [-0.2, -0.15) is 10.2 Å². The van der Waals surface area contributed by atoms with E-state index in [1.807, 2.05) is 6.07 Å². The van der Waals surface area contributed by atoms with Crippen LogP contribution in [-0.4, -0.2) is 49.2 Å². The molecule has 4 rings (SSSR count). The molecule has 0 saturated heterocycles. The van der Waals surface area contributed by atoms with E-state index in [1.54, 1.807) is 50.4 Å². The number of ether oxygens (including phenoxy) is 1. The van der Waals surface area contributed by atoms with E-state index in [0.717, 1.165) is 0 Å². The van der Waals surface area contributed by atoms with Crippen LogP contribution < -0.4 is 4.74 Å². The molecule has 2 N–H and O–H groups in total. The standard InChI is InChI=1S/C20H16Cl2N2O3.C4H4N2O2/c1-12-18(19(26)15-9-8-14(21)10-16(15)22)20(24(2)23-12)27-11-17(25)13-6-4-3-5-7-13;7-4(8)3-1-2-5-6-3/h3-10H,11H2,1-2H3;1-2H,(H,5,6)(H,7,8). The molecule has 35 heavy (non-hydrogen) atoms. The smallest absolute Gasteiger partial charge is 0.356 e. The molecule has 0 saturated carbocycles. The van der Waals surface area contributed by atoms with Gasteiger partial charge in [-0.1, -0.05) is 53.5 Å². The molecule has 2 heterocycles. The second-order valence-electron chi connectivity index (χ2n) is 7.18. The van der Waals surface area contributed by atoms with Crippen LogP contribution in [0, 0.1) is 6.92 Å². The first kappa shape index (κ1) is 25.7. The number of hydrogen-bond donors (Lipinski definition) is 2. The lowest BCUT2D eigenvalue weighted by molar-refractivity contribution is 0.0690. The van der Waals surface area contributed by atoms with Crippen LogP contribution >= 0.6 is 23.2 Å². The molecular formula is C24H20Cl2N4O5. The minimum absolute atomic E-state index is 0.0463. The fourth-order valence-electron chi connectivity index (χ4n) is 3.09. The number of H-pyrrole nitrogens is 1. The molecule has 0 bridgehead atoms. The number of carboxylic acids is 1. The maximum Gasteiger partial charge on any atom is 0.356 e. The van der Waals surface area contributed by atoms with Crippen LogP contribution in [0.15, 0.2) is 60.8 Å². The molecule has 0 unspecified atom stereocenters. The van der Waals surface area contributed by atoms with Crippen LogP contribution in [0.2, 0.25) is 10.0 Å². The Morgan fingerprint density at radius 2 is 1.80 bits per heavy atom. The molecule has 4 aromatic rings. The fourth-order valence-corrected chi connectivity index (χ4v) is 3.59. The second kappa shape index (κ2) is 11.5. The van der Waals surface area contributed by atoms with Crippen LogP contribution in [0.1, 0.15) is 42.5 Å². The van der Waals surface area contributed by atoms with Gasteiger partial charge in [-0.25, -0.2) is 9.48 Å². The predicted molar refractivity (Wildman–Crippen MR) is 130 cm³/mol. The number of nitrogens with one attached hydrogen (secondary N) is 1. The number of aryl methyl sites for hydroxylation is 2. The number of carbonyl (C=O) groups excluding carboxylic acids is 2. The lowest BCUT2D eigenvalue weighted by Crippen LogP contribution is -2.15. The number of aromatic amines is 1. The Hall–Kier alpha value is -3.95. The van der Waals surface area contributed by atoms with Gasteiger partial charge in [0.2, 0.25) is 11.7 Å². The molecule has 9 nitrogen and oxygen atoms in total. The normalized spacial score (nSPS) is 10.3. The number of halogens is 2. The van der Waals surface area contributed by atoms with E-state index in [-0.39, 0.29) is 45.9 Å². The molecule has 0 aliphatic rings. The highest BCUT2D eigenvalue weighted by molar-refractivity contribution is 6.37. The number of rotatable bonds is 7. The van der Waals surface area contributed by atoms with Crippen molar-refractivity contribution in [3.8, 4) is 5.88 Å². The topological polar surface area (TPSA) is 127 Å². The van der Waals surface area contributed by atoms with Gasteiger partial charge in [-0.3, -0.25) is 14.7 Å². The van der Waals surface area contributed by atoms with Crippen molar-refractivity contribution >= 4 is 40.7 Å². The lowest BCUT2D eigenvalue weighted by Gasteiger charge is -2.09. The van der Waals surface area contributed by atoms with Gasteiger partial charge in [0.15, 0.2) is 18.1 Å². The van der Waals surface area contributed by atoms with E-state index in [9.17, 15) is 14.4 Å². The summed E-state index contributed by atoms with van der Waals surface area (Å²) < 4.78 is 7.11. The second-order valence-corrected chi connectivity index (χ2v) is 8.03. The first-order valence-corrected chi connectivity index (χ1v) is 10.9. The summed E-state index contributed by atoms with van der Waals surface area (Å²) in [7, 11) is 1.65. The Morgan fingerprint density at radius 3 is 2.37 bits per heavy atom. The van der Waals surface area contributed by atoms with Crippen LogP contribution in [0.25, 0.3) is 0 Å². The van der Waals surface area contributed by atoms with Crippen molar-refractivity contribution in [2.45, 2.75) is 6.92 Å². The van der Waals surface area contributed by atoms with Gasteiger partial charge in [0.1, 0.15) is 5.56 Å². The van der Waals surface area contributed by atoms with Crippen molar-refractivity contribution in [2.75, 3.05) is 6.61 Å². The highest BCUT2D eigenvalue weighted by atomic mass is 35.5. The molecule has 0 aliphatic heterocycles. The third-order valence-corrected chi connectivity index (χ3v) is 5.28. The SMILES string of the molecule is Cc1nn(C)c(OCC(=O)c2ccccc2)c1C(=O)c1ccc(Cl)cc1Cl.O=C(O)c1cc[nH]n1. The Labute approximate surface area is 210 Å². The minimum Gasteiger partial charge on any atom is -0.476 e. The Balaban J connectivity index is 0.000000363. The van der Waals surface area contributed by atoms with Crippen LogP contribution in [0.4, 0.5) is 0 Å². The summed E-state index contributed by atoms with van der Waals surface area (Å²) in [6, 6.07) is 14.8. The summed E-state index contributed by atoms with van der Waals surface area (Å²) in [4.78, 5) is 35.3. The Kier molecular flexibility index (Phi) is 8.40. The van der Waals surface area contributed by atoms with E-state index in [2.05, 4.69) is 15.3 Å². The van der Waals surface area contributed by atoms with Gasteiger partial charge < -0.3 is 9.84 Å². The quantitative estimate of drug-likeness (QED) is 0.344. The highest BCUT2D eigenvalue weighted by Crippen LogP contribution is 2.29. The average Bonchev–Trinajstić information content (AvgIpc) is 3.46. The van der Waals surface area contributed by atoms with E-state index >= 15 is 0 Å². The third-order valence-electron chi connectivity index (χ3n) is 4.73. The number of nitrogens with zero attached hydrogens (tertiary/aromatic N) is 3.